The van der Waals surface area contributed by atoms with Crippen LogP contribution in [0.2, 0.25) is 0 Å². The summed E-state index contributed by atoms with van der Waals surface area (Å²) < 4.78 is 10.7. The van der Waals surface area contributed by atoms with E-state index in [-0.39, 0.29) is 11.8 Å². The zero-order valence-electron chi connectivity index (χ0n) is 18.3. The van der Waals surface area contributed by atoms with Crippen LogP contribution in [0.5, 0.6) is 5.75 Å². The van der Waals surface area contributed by atoms with Crippen LogP contribution in [0.1, 0.15) is 32.6 Å². The Balaban J connectivity index is 1.42. The first-order valence-corrected chi connectivity index (χ1v) is 10.9. The summed E-state index contributed by atoms with van der Waals surface area (Å²) in [5.74, 6) is 1.85. The van der Waals surface area contributed by atoms with Gasteiger partial charge in [-0.3, -0.25) is 14.5 Å². The van der Waals surface area contributed by atoms with E-state index >= 15 is 0 Å². The van der Waals surface area contributed by atoms with E-state index in [9.17, 15) is 9.59 Å². The van der Waals surface area contributed by atoms with Crippen LogP contribution in [0.25, 0.3) is 11.4 Å². The number of nitrogens with one attached hydrogen (secondary N) is 1. The predicted molar refractivity (Wildman–Crippen MR) is 116 cm³/mol. The Kier molecular flexibility index (Phi) is 8.40. The first-order chi connectivity index (χ1) is 15.1. The fourth-order valence-corrected chi connectivity index (χ4v) is 3.39. The Labute approximate surface area is 182 Å². The smallest absolute Gasteiger partial charge is 0.234 e. The summed E-state index contributed by atoms with van der Waals surface area (Å²) in [7, 11) is 0. The van der Waals surface area contributed by atoms with Gasteiger partial charge < -0.3 is 19.5 Å². The molecular weight excluding hydrogens is 398 g/mol. The van der Waals surface area contributed by atoms with Crippen molar-refractivity contribution in [3.05, 3.63) is 30.2 Å². The van der Waals surface area contributed by atoms with Crippen LogP contribution >= 0.6 is 0 Å². The molecule has 2 amide bonds. The highest BCUT2D eigenvalue weighted by molar-refractivity contribution is 5.78. The van der Waals surface area contributed by atoms with Crippen LogP contribution in [-0.4, -0.2) is 77.6 Å². The molecule has 168 valence electrons. The number of carbonyl (C=O) groups is 2. The van der Waals surface area contributed by atoms with Gasteiger partial charge in [-0.2, -0.15) is 4.98 Å². The Hall–Kier alpha value is -2.94. The number of hydrogen-bond donors (Lipinski definition) is 1. The van der Waals surface area contributed by atoms with Crippen molar-refractivity contribution < 1.29 is 18.8 Å². The summed E-state index contributed by atoms with van der Waals surface area (Å²) in [4.78, 5) is 32.7. The van der Waals surface area contributed by atoms with Gasteiger partial charge in [0.15, 0.2) is 0 Å². The van der Waals surface area contributed by atoms with Crippen LogP contribution in [0.4, 0.5) is 0 Å². The lowest BCUT2D eigenvalue weighted by Crippen LogP contribution is -2.51. The molecule has 1 N–H and O–H groups in total. The number of aromatic nitrogens is 2. The van der Waals surface area contributed by atoms with Crippen LogP contribution < -0.4 is 10.1 Å². The Morgan fingerprint density at radius 2 is 1.87 bits per heavy atom. The van der Waals surface area contributed by atoms with Gasteiger partial charge >= 0.3 is 0 Å². The topological polar surface area (TPSA) is 101 Å². The van der Waals surface area contributed by atoms with E-state index in [4.69, 9.17) is 9.26 Å². The predicted octanol–water partition coefficient (Wildman–Crippen LogP) is 1.74. The summed E-state index contributed by atoms with van der Waals surface area (Å²) in [5.41, 5.74) is 0.837. The monoisotopic (exact) mass is 429 g/mol. The van der Waals surface area contributed by atoms with Gasteiger partial charge in [0, 0.05) is 51.1 Å². The third-order valence-corrected chi connectivity index (χ3v) is 5.11. The number of carbonyl (C=O) groups excluding carboxylic acids is 2. The van der Waals surface area contributed by atoms with Crippen molar-refractivity contribution in [2.75, 3.05) is 45.9 Å². The lowest BCUT2D eigenvalue weighted by Gasteiger charge is -2.34. The van der Waals surface area contributed by atoms with Gasteiger partial charge in [-0.15, -0.1) is 0 Å². The molecular formula is C22H31N5O4. The molecule has 3 rings (SSSR count). The third kappa shape index (κ3) is 6.78. The minimum Gasteiger partial charge on any atom is -0.494 e. The number of amides is 2. The van der Waals surface area contributed by atoms with Gasteiger partial charge in [-0.25, -0.2) is 0 Å². The van der Waals surface area contributed by atoms with E-state index in [2.05, 4.69) is 20.4 Å². The molecule has 1 saturated heterocycles. The fraction of sp³-hybridized carbons (Fsp3) is 0.545. The van der Waals surface area contributed by atoms with Crippen molar-refractivity contribution in [1.29, 1.82) is 0 Å². The molecule has 1 fully saturated rings. The zero-order chi connectivity index (χ0) is 22.1. The summed E-state index contributed by atoms with van der Waals surface area (Å²) in [5, 5.41) is 6.90. The van der Waals surface area contributed by atoms with Crippen molar-refractivity contribution in [3.8, 4) is 17.1 Å². The maximum Gasteiger partial charge on any atom is 0.234 e. The third-order valence-electron chi connectivity index (χ3n) is 5.11. The van der Waals surface area contributed by atoms with E-state index in [1.165, 1.54) is 0 Å². The lowest BCUT2D eigenvalue weighted by atomic mass is 10.2. The first kappa shape index (κ1) is 22.7. The van der Waals surface area contributed by atoms with E-state index in [1.54, 1.807) is 0 Å². The molecule has 2 aromatic rings. The number of ether oxygens (including phenoxy) is 1. The Bertz CT molecular complexity index is 844. The largest absolute Gasteiger partial charge is 0.494 e. The van der Waals surface area contributed by atoms with Crippen molar-refractivity contribution in [3.63, 3.8) is 0 Å². The number of rotatable bonds is 10. The molecule has 31 heavy (non-hydrogen) atoms. The van der Waals surface area contributed by atoms with Gasteiger partial charge in [0.1, 0.15) is 5.75 Å². The standard InChI is InChI=1S/C22H31N5O4/c1-3-11-23-19(28)16-26-12-14-27(15-13-26)21(29)10-9-20-24-22(25-31-20)17-5-7-18(8-6-17)30-4-2/h5-8H,3-4,9-16H2,1-2H3,(H,23,28). The Morgan fingerprint density at radius 3 is 2.55 bits per heavy atom. The van der Waals surface area contributed by atoms with Gasteiger partial charge in [-0.1, -0.05) is 12.1 Å². The van der Waals surface area contributed by atoms with Crippen LogP contribution in [0, 0.1) is 0 Å². The average molecular weight is 430 g/mol. The van der Waals surface area contributed by atoms with Gasteiger partial charge in [0.05, 0.1) is 13.2 Å². The number of nitrogens with zero attached hydrogens (tertiary/aromatic N) is 4. The highest BCUT2D eigenvalue weighted by Gasteiger charge is 2.22. The van der Waals surface area contributed by atoms with Gasteiger partial charge in [0.2, 0.25) is 23.5 Å². The molecule has 0 atom stereocenters. The number of benzene rings is 1. The van der Waals surface area contributed by atoms with Crippen LogP contribution in [-0.2, 0) is 16.0 Å². The van der Waals surface area contributed by atoms with Gasteiger partial charge in [-0.05, 0) is 37.6 Å². The molecule has 0 radical (unpaired) electrons. The van der Waals surface area contributed by atoms with Crippen molar-refractivity contribution in [1.82, 2.24) is 25.3 Å². The maximum atomic E-state index is 12.5. The summed E-state index contributed by atoms with van der Waals surface area (Å²) in [6.07, 6.45) is 1.65. The second-order valence-electron chi connectivity index (χ2n) is 7.48. The minimum absolute atomic E-state index is 0.0429. The highest BCUT2D eigenvalue weighted by atomic mass is 16.5. The van der Waals surface area contributed by atoms with Crippen molar-refractivity contribution in [2.24, 2.45) is 0 Å². The molecule has 0 spiro atoms. The SMILES string of the molecule is CCCNC(=O)CN1CCN(C(=O)CCc2nc(-c3ccc(OCC)cc3)no2)CC1. The van der Waals surface area contributed by atoms with E-state index in [1.807, 2.05) is 43.0 Å². The summed E-state index contributed by atoms with van der Waals surface area (Å²) in [6, 6.07) is 7.50. The molecule has 1 aromatic carbocycles. The molecule has 1 aromatic heterocycles. The Morgan fingerprint density at radius 1 is 1.13 bits per heavy atom. The molecule has 9 nitrogen and oxygen atoms in total. The number of hydrogen-bond acceptors (Lipinski definition) is 7. The minimum atomic E-state index is 0.0429. The molecule has 0 saturated carbocycles. The highest BCUT2D eigenvalue weighted by Crippen LogP contribution is 2.20. The lowest BCUT2D eigenvalue weighted by molar-refractivity contribution is -0.133. The summed E-state index contributed by atoms with van der Waals surface area (Å²) >= 11 is 0. The molecule has 9 heteroatoms. The van der Waals surface area contributed by atoms with Gasteiger partial charge in [0.25, 0.3) is 0 Å². The quantitative estimate of drug-likeness (QED) is 0.614. The van der Waals surface area contributed by atoms with Crippen molar-refractivity contribution in [2.45, 2.75) is 33.1 Å². The summed E-state index contributed by atoms with van der Waals surface area (Å²) in [6.45, 7) is 8.33. The van der Waals surface area contributed by atoms with Crippen LogP contribution in [0.3, 0.4) is 0 Å². The molecule has 0 aliphatic carbocycles. The first-order valence-electron chi connectivity index (χ1n) is 10.9. The number of piperazine rings is 1. The molecule has 0 bridgehead atoms. The second-order valence-corrected chi connectivity index (χ2v) is 7.48. The molecule has 1 aliphatic rings. The zero-order valence-corrected chi connectivity index (χ0v) is 18.3. The fourth-order valence-electron chi connectivity index (χ4n) is 3.39. The normalized spacial score (nSPS) is 14.5. The number of aryl methyl sites for hydroxylation is 1. The van der Waals surface area contributed by atoms with E-state index in [0.29, 0.717) is 70.4 Å². The average Bonchev–Trinajstić information content (AvgIpc) is 3.26. The molecule has 2 heterocycles. The van der Waals surface area contributed by atoms with E-state index in [0.717, 1.165) is 17.7 Å². The second kappa shape index (κ2) is 11.5. The van der Waals surface area contributed by atoms with Crippen molar-refractivity contribution >= 4 is 11.8 Å². The van der Waals surface area contributed by atoms with Crippen LogP contribution in [0.15, 0.2) is 28.8 Å². The van der Waals surface area contributed by atoms with E-state index < -0.39 is 0 Å². The maximum absolute atomic E-state index is 12.5. The molecule has 0 unspecified atom stereocenters. The molecule has 1 aliphatic heterocycles.